The zero-order valence-electron chi connectivity index (χ0n) is 11.8. The van der Waals surface area contributed by atoms with Crippen molar-refractivity contribution in [2.45, 2.75) is 4.90 Å². The van der Waals surface area contributed by atoms with Crippen LogP contribution in [0.2, 0.25) is 0 Å². The quantitative estimate of drug-likeness (QED) is 0.501. The number of esters is 1. The minimum atomic E-state index is -0.827. The van der Waals surface area contributed by atoms with Crippen molar-refractivity contribution < 1.29 is 24.5 Å². The van der Waals surface area contributed by atoms with Crippen molar-refractivity contribution in [3.05, 3.63) is 53.6 Å². The fourth-order valence-electron chi connectivity index (χ4n) is 1.76. The summed E-state index contributed by atoms with van der Waals surface area (Å²) in [6.45, 7) is -0.419. The standard InChI is InChI=1S/C16H14O5S/c1-22-12-5-2-10(3-6-12)15(19)9-21-16(20)13-7-4-11(17)8-14(13)18/h2-8,17-18H,9H2,1H3. The molecule has 0 aliphatic rings. The fourth-order valence-corrected chi connectivity index (χ4v) is 2.17. The molecule has 22 heavy (non-hydrogen) atoms. The number of hydrogen-bond acceptors (Lipinski definition) is 6. The number of benzene rings is 2. The summed E-state index contributed by atoms with van der Waals surface area (Å²) in [6, 6.07) is 10.5. The normalized spacial score (nSPS) is 10.2. The summed E-state index contributed by atoms with van der Waals surface area (Å²) in [6.07, 6.45) is 1.93. The molecule has 0 aliphatic heterocycles. The van der Waals surface area contributed by atoms with Crippen molar-refractivity contribution in [3.63, 3.8) is 0 Å². The van der Waals surface area contributed by atoms with E-state index in [0.29, 0.717) is 5.56 Å². The summed E-state index contributed by atoms with van der Waals surface area (Å²) in [7, 11) is 0. The summed E-state index contributed by atoms with van der Waals surface area (Å²) < 4.78 is 4.89. The first-order valence-electron chi connectivity index (χ1n) is 6.37. The lowest BCUT2D eigenvalue weighted by molar-refractivity contribution is 0.0472. The lowest BCUT2D eigenvalue weighted by Gasteiger charge is -2.06. The molecule has 0 spiro atoms. The molecule has 0 bridgehead atoms. The summed E-state index contributed by atoms with van der Waals surface area (Å²) in [5.74, 6) is -1.73. The predicted octanol–water partition coefficient (Wildman–Crippen LogP) is 2.86. The van der Waals surface area contributed by atoms with E-state index in [1.165, 1.54) is 12.1 Å². The van der Waals surface area contributed by atoms with E-state index < -0.39 is 18.3 Å². The highest BCUT2D eigenvalue weighted by Gasteiger charge is 2.15. The van der Waals surface area contributed by atoms with Crippen molar-refractivity contribution in [2.75, 3.05) is 12.9 Å². The molecule has 2 aromatic carbocycles. The first kappa shape index (κ1) is 15.9. The second-order valence-corrected chi connectivity index (χ2v) is 5.31. The largest absolute Gasteiger partial charge is 0.508 e. The van der Waals surface area contributed by atoms with Crippen molar-refractivity contribution in [2.24, 2.45) is 0 Å². The van der Waals surface area contributed by atoms with Gasteiger partial charge >= 0.3 is 5.97 Å². The average molecular weight is 318 g/mol. The number of thioether (sulfide) groups is 1. The van der Waals surface area contributed by atoms with Crippen LogP contribution in [0.1, 0.15) is 20.7 Å². The van der Waals surface area contributed by atoms with Crippen LogP contribution >= 0.6 is 11.8 Å². The topological polar surface area (TPSA) is 83.8 Å². The molecule has 0 aliphatic carbocycles. The summed E-state index contributed by atoms with van der Waals surface area (Å²) in [4.78, 5) is 24.8. The Kier molecular flexibility index (Phi) is 5.06. The minimum absolute atomic E-state index is 0.108. The lowest BCUT2D eigenvalue weighted by atomic mass is 10.1. The molecule has 0 saturated heterocycles. The van der Waals surface area contributed by atoms with E-state index >= 15 is 0 Å². The van der Waals surface area contributed by atoms with E-state index in [-0.39, 0.29) is 17.1 Å². The minimum Gasteiger partial charge on any atom is -0.508 e. The first-order valence-corrected chi connectivity index (χ1v) is 7.60. The molecule has 0 saturated carbocycles. The van der Waals surface area contributed by atoms with Gasteiger partial charge in [0.1, 0.15) is 17.1 Å². The molecule has 0 radical (unpaired) electrons. The number of aromatic hydroxyl groups is 2. The number of phenolic OH excluding ortho intramolecular Hbond substituents is 2. The van der Waals surface area contributed by atoms with Gasteiger partial charge in [0, 0.05) is 16.5 Å². The van der Waals surface area contributed by atoms with Gasteiger partial charge in [-0.15, -0.1) is 11.8 Å². The highest BCUT2D eigenvalue weighted by Crippen LogP contribution is 2.23. The van der Waals surface area contributed by atoms with E-state index in [0.717, 1.165) is 11.0 Å². The Bertz CT molecular complexity index is 694. The van der Waals surface area contributed by atoms with Crippen molar-refractivity contribution >= 4 is 23.5 Å². The second kappa shape index (κ2) is 7.00. The van der Waals surface area contributed by atoms with Gasteiger partial charge in [-0.25, -0.2) is 4.79 Å². The van der Waals surface area contributed by atoms with E-state index in [4.69, 9.17) is 9.84 Å². The zero-order valence-corrected chi connectivity index (χ0v) is 12.6. The predicted molar refractivity (Wildman–Crippen MR) is 82.6 cm³/mol. The number of rotatable bonds is 5. The number of Topliss-reactive ketones (excluding diaryl/α,β-unsaturated/α-hetero) is 1. The maximum absolute atomic E-state index is 11.9. The van der Waals surface area contributed by atoms with Crippen LogP contribution in [0.4, 0.5) is 0 Å². The molecule has 6 heteroatoms. The molecule has 2 aromatic rings. The van der Waals surface area contributed by atoms with Crippen molar-refractivity contribution in [1.29, 1.82) is 0 Å². The Morgan fingerprint density at radius 3 is 2.36 bits per heavy atom. The third kappa shape index (κ3) is 3.79. The summed E-state index contributed by atoms with van der Waals surface area (Å²) in [5.41, 5.74) is 0.337. The number of carbonyl (C=O) groups excluding carboxylic acids is 2. The van der Waals surface area contributed by atoms with Crippen LogP contribution in [0.15, 0.2) is 47.4 Å². The van der Waals surface area contributed by atoms with Gasteiger partial charge in [0.2, 0.25) is 0 Å². The van der Waals surface area contributed by atoms with Gasteiger partial charge in [0.15, 0.2) is 12.4 Å². The summed E-state index contributed by atoms with van der Waals surface area (Å²) >= 11 is 1.56. The third-order valence-electron chi connectivity index (χ3n) is 2.95. The van der Waals surface area contributed by atoms with Gasteiger partial charge < -0.3 is 14.9 Å². The molecule has 0 heterocycles. The Morgan fingerprint density at radius 2 is 1.77 bits per heavy atom. The van der Waals surface area contributed by atoms with Crippen LogP contribution in [0.3, 0.4) is 0 Å². The molecule has 0 amide bonds. The fraction of sp³-hybridized carbons (Fsp3) is 0.125. The van der Waals surface area contributed by atoms with E-state index in [2.05, 4.69) is 0 Å². The van der Waals surface area contributed by atoms with Crippen molar-refractivity contribution in [1.82, 2.24) is 0 Å². The van der Waals surface area contributed by atoms with Crippen LogP contribution in [-0.4, -0.2) is 34.8 Å². The monoisotopic (exact) mass is 318 g/mol. The zero-order chi connectivity index (χ0) is 16.1. The Balaban J connectivity index is 1.99. The molecule has 0 aromatic heterocycles. The molecular formula is C16H14O5S. The molecule has 5 nitrogen and oxygen atoms in total. The smallest absolute Gasteiger partial charge is 0.342 e. The maximum Gasteiger partial charge on any atom is 0.342 e. The van der Waals surface area contributed by atoms with Crippen LogP contribution in [0, 0.1) is 0 Å². The second-order valence-electron chi connectivity index (χ2n) is 4.43. The van der Waals surface area contributed by atoms with E-state index in [1.54, 1.807) is 23.9 Å². The van der Waals surface area contributed by atoms with Gasteiger partial charge in [-0.05, 0) is 30.5 Å². The number of phenols is 2. The number of carbonyl (C=O) groups is 2. The highest BCUT2D eigenvalue weighted by molar-refractivity contribution is 7.98. The Morgan fingerprint density at radius 1 is 1.09 bits per heavy atom. The third-order valence-corrected chi connectivity index (χ3v) is 3.69. The maximum atomic E-state index is 11.9. The van der Waals surface area contributed by atoms with Gasteiger partial charge in [-0.2, -0.15) is 0 Å². The molecule has 0 atom stereocenters. The Labute approximate surface area is 131 Å². The van der Waals surface area contributed by atoms with Crippen LogP contribution < -0.4 is 0 Å². The highest BCUT2D eigenvalue weighted by atomic mass is 32.2. The van der Waals surface area contributed by atoms with Crippen LogP contribution in [0.25, 0.3) is 0 Å². The molecule has 0 fully saturated rings. The number of ketones is 1. The van der Waals surface area contributed by atoms with Gasteiger partial charge in [-0.3, -0.25) is 4.79 Å². The molecule has 2 N–H and O–H groups in total. The van der Waals surface area contributed by atoms with E-state index in [1.807, 2.05) is 18.4 Å². The van der Waals surface area contributed by atoms with Crippen LogP contribution in [0.5, 0.6) is 11.5 Å². The molecule has 114 valence electrons. The van der Waals surface area contributed by atoms with Gasteiger partial charge in [0.25, 0.3) is 0 Å². The summed E-state index contributed by atoms with van der Waals surface area (Å²) in [5, 5.41) is 18.7. The van der Waals surface area contributed by atoms with Gasteiger partial charge in [-0.1, -0.05) is 12.1 Å². The number of ether oxygens (including phenoxy) is 1. The van der Waals surface area contributed by atoms with Crippen molar-refractivity contribution in [3.8, 4) is 11.5 Å². The van der Waals surface area contributed by atoms with E-state index in [9.17, 15) is 14.7 Å². The lowest BCUT2D eigenvalue weighted by Crippen LogP contribution is -2.14. The molecule has 0 unspecified atom stereocenters. The number of hydrogen-bond donors (Lipinski definition) is 2. The average Bonchev–Trinajstić information content (AvgIpc) is 2.52. The SMILES string of the molecule is CSc1ccc(C(=O)COC(=O)c2ccc(O)cc2O)cc1. The molecule has 2 rings (SSSR count). The van der Waals surface area contributed by atoms with Gasteiger partial charge in [0.05, 0.1) is 0 Å². The van der Waals surface area contributed by atoms with Crippen LogP contribution in [-0.2, 0) is 4.74 Å². The first-order chi connectivity index (χ1) is 10.5. The molecular weight excluding hydrogens is 304 g/mol. The Hall–Kier alpha value is -2.47.